The summed E-state index contributed by atoms with van der Waals surface area (Å²) in [4.78, 5) is 0. The van der Waals surface area contributed by atoms with Crippen molar-refractivity contribution in [2.75, 3.05) is 0 Å². The van der Waals surface area contributed by atoms with Crippen LogP contribution in [0.15, 0.2) is 243 Å². The molecule has 65 heavy (non-hydrogen) atoms. The zero-order valence-electron chi connectivity index (χ0n) is 35.5. The minimum Gasteiger partial charge on any atom is -0.135 e. The maximum absolute atomic E-state index is 2.46. The van der Waals surface area contributed by atoms with E-state index in [9.17, 15) is 0 Å². The summed E-state index contributed by atoms with van der Waals surface area (Å²) in [6.45, 7) is 0. The first-order valence-corrected chi connectivity index (χ1v) is 23.2. The predicted molar refractivity (Wildman–Crippen MR) is 282 cm³/mol. The maximum atomic E-state index is 2.46. The van der Waals surface area contributed by atoms with Gasteiger partial charge in [0.2, 0.25) is 0 Å². The predicted octanol–water partition coefficient (Wildman–Crippen LogP) is 18.7. The molecule has 1 heteroatoms. The highest BCUT2D eigenvalue weighted by Gasteiger charge is 2.22. The average Bonchev–Trinajstić information content (AvgIpc) is 3.75. The molecular weight excluding hydrogens is 801 g/mol. The Kier molecular flexibility index (Phi) is 8.82. The van der Waals surface area contributed by atoms with Gasteiger partial charge in [0, 0.05) is 20.2 Å². The number of fused-ring (bicyclic) bond motifs is 7. The summed E-state index contributed by atoms with van der Waals surface area (Å²) in [5.74, 6) is 0. The fraction of sp³-hybridized carbons (Fsp3) is 0. The molecule has 0 spiro atoms. The minimum absolute atomic E-state index is 1.22. The summed E-state index contributed by atoms with van der Waals surface area (Å²) >= 11 is 1.88. The Bertz CT molecular complexity index is 3610. The molecular formula is C64H40S. The van der Waals surface area contributed by atoms with Crippen LogP contribution in [0.25, 0.3) is 130 Å². The summed E-state index contributed by atoms with van der Waals surface area (Å²) < 4.78 is 2.59. The molecule has 0 radical (unpaired) electrons. The fourth-order valence-corrected chi connectivity index (χ4v) is 11.8. The van der Waals surface area contributed by atoms with Crippen molar-refractivity contribution in [1.82, 2.24) is 0 Å². The first-order valence-electron chi connectivity index (χ1n) is 22.4. The molecule has 0 N–H and O–H groups in total. The van der Waals surface area contributed by atoms with Gasteiger partial charge in [-0.3, -0.25) is 0 Å². The van der Waals surface area contributed by atoms with Crippen LogP contribution in [0.4, 0.5) is 0 Å². The average molecular weight is 841 g/mol. The van der Waals surface area contributed by atoms with Gasteiger partial charge in [-0.15, -0.1) is 11.3 Å². The molecule has 13 aromatic rings. The normalized spacial score (nSPS) is 11.7. The smallest absolute Gasteiger partial charge is 0.0355 e. The van der Waals surface area contributed by atoms with Gasteiger partial charge in [0.25, 0.3) is 0 Å². The Morgan fingerprint density at radius 3 is 0.800 bits per heavy atom. The van der Waals surface area contributed by atoms with Crippen molar-refractivity contribution < 1.29 is 0 Å². The number of hydrogen-bond acceptors (Lipinski definition) is 1. The third-order valence-corrected chi connectivity index (χ3v) is 14.6. The molecule has 0 aliphatic carbocycles. The lowest BCUT2D eigenvalue weighted by atomic mass is 9.83. The first-order chi connectivity index (χ1) is 32.3. The Labute approximate surface area is 382 Å². The SMILES string of the molecule is c1ccc(-c2ccccc2-c2c3ccccc3c(-c3ccc4sc5ccc(-c6c7ccccc7c(-c7ccccc7-c7ccccc7)c7ccccc67)cc5c4c3)c3ccccc23)cc1. The van der Waals surface area contributed by atoms with Crippen molar-refractivity contribution in [2.45, 2.75) is 0 Å². The third kappa shape index (κ3) is 6.05. The summed E-state index contributed by atoms with van der Waals surface area (Å²) in [7, 11) is 0. The van der Waals surface area contributed by atoms with Crippen molar-refractivity contribution in [3.8, 4) is 66.8 Å². The lowest BCUT2D eigenvalue weighted by molar-refractivity contribution is 1.61. The Morgan fingerprint density at radius 1 is 0.185 bits per heavy atom. The molecule has 12 aromatic carbocycles. The van der Waals surface area contributed by atoms with E-state index in [1.54, 1.807) is 0 Å². The highest BCUT2D eigenvalue weighted by Crippen LogP contribution is 2.50. The highest BCUT2D eigenvalue weighted by atomic mass is 32.1. The summed E-state index contributed by atoms with van der Waals surface area (Å²) in [5.41, 5.74) is 15.0. The van der Waals surface area contributed by atoms with E-state index in [-0.39, 0.29) is 0 Å². The van der Waals surface area contributed by atoms with E-state index >= 15 is 0 Å². The molecule has 1 heterocycles. The fourth-order valence-electron chi connectivity index (χ4n) is 10.7. The number of thiophene rings is 1. The second kappa shape index (κ2) is 15.3. The van der Waals surface area contributed by atoms with Gasteiger partial charge in [-0.2, -0.15) is 0 Å². The van der Waals surface area contributed by atoms with Crippen LogP contribution in [0, 0.1) is 0 Å². The van der Waals surface area contributed by atoms with E-state index in [0.29, 0.717) is 0 Å². The van der Waals surface area contributed by atoms with Crippen molar-refractivity contribution >= 4 is 74.6 Å². The van der Waals surface area contributed by atoms with E-state index < -0.39 is 0 Å². The van der Waals surface area contributed by atoms with Gasteiger partial charge in [0.15, 0.2) is 0 Å². The van der Waals surface area contributed by atoms with Crippen LogP contribution in [0.1, 0.15) is 0 Å². The molecule has 0 amide bonds. The van der Waals surface area contributed by atoms with Crippen LogP contribution in [0.3, 0.4) is 0 Å². The van der Waals surface area contributed by atoms with E-state index in [4.69, 9.17) is 0 Å². The Balaban J connectivity index is 1.03. The topological polar surface area (TPSA) is 0 Å². The van der Waals surface area contributed by atoms with E-state index in [1.807, 2.05) is 11.3 Å². The molecule has 0 aliphatic rings. The van der Waals surface area contributed by atoms with Gasteiger partial charge in [-0.1, -0.05) is 218 Å². The monoisotopic (exact) mass is 840 g/mol. The lowest BCUT2D eigenvalue weighted by Crippen LogP contribution is -1.92. The van der Waals surface area contributed by atoms with Gasteiger partial charge in [0.1, 0.15) is 0 Å². The maximum Gasteiger partial charge on any atom is 0.0355 e. The molecule has 302 valence electrons. The van der Waals surface area contributed by atoms with Crippen molar-refractivity contribution in [1.29, 1.82) is 0 Å². The van der Waals surface area contributed by atoms with E-state index in [1.165, 1.54) is 130 Å². The van der Waals surface area contributed by atoms with Crippen LogP contribution in [0.2, 0.25) is 0 Å². The lowest BCUT2D eigenvalue weighted by Gasteiger charge is -2.20. The summed E-state index contributed by atoms with van der Waals surface area (Å²) in [6.07, 6.45) is 0. The third-order valence-electron chi connectivity index (χ3n) is 13.5. The van der Waals surface area contributed by atoms with Gasteiger partial charge in [0.05, 0.1) is 0 Å². The van der Waals surface area contributed by atoms with Crippen LogP contribution in [-0.4, -0.2) is 0 Å². The number of rotatable bonds is 6. The molecule has 0 fully saturated rings. The van der Waals surface area contributed by atoms with E-state index in [2.05, 4.69) is 243 Å². The van der Waals surface area contributed by atoms with Crippen LogP contribution in [-0.2, 0) is 0 Å². The zero-order chi connectivity index (χ0) is 42.8. The van der Waals surface area contributed by atoms with Crippen LogP contribution in [0.5, 0.6) is 0 Å². The second-order valence-corrected chi connectivity index (χ2v) is 18.1. The minimum atomic E-state index is 1.22. The molecule has 0 saturated heterocycles. The largest absolute Gasteiger partial charge is 0.135 e. The molecule has 13 rings (SSSR count). The molecule has 0 unspecified atom stereocenters. The van der Waals surface area contributed by atoms with E-state index in [0.717, 1.165) is 0 Å². The molecule has 0 bridgehead atoms. The van der Waals surface area contributed by atoms with Crippen LogP contribution < -0.4 is 0 Å². The van der Waals surface area contributed by atoms with Crippen LogP contribution >= 0.6 is 11.3 Å². The molecule has 0 aliphatic heterocycles. The van der Waals surface area contributed by atoms with Gasteiger partial charge in [-0.05, 0) is 134 Å². The quantitative estimate of drug-likeness (QED) is 0.146. The number of benzene rings is 12. The first kappa shape index (κ1) is 37.5. The standard InChI is InChI=1S/C64H40S/c1-3-19-41(20-4-1)45-23-7-9-25-47(45)63-53-31-15-11-27-49(53)61(50-28-12-16-32-54(50)63)43-35-37-59-57(39-43)58-40-44(36-38-60(58)65-59)62-51-29-13-17-33-55(51)64(56-34-18-14-30-52(56)62)48-26-10-8-24-46(48)42-21-5-2-6-22-42/h1-40H. The van der Waals surface area contributed by atoms with Gasteiger partial charge in [-0.25, -0.2) is 0 Å². The van der Waals surface area contributed by atoms with Crippen molar-refractivity contribution in [3.05, 3.63) is 243 Å². The second-order valence-electron chi connectivity index (χ2n) is 17.0. The zero-order valence-corrected chi connectivity index (χ0v) is 36.3. The van der Waals surface area contributed by atoms with Gasteiger partial charge >= 0.3 is 0 Å². The van der Waals surface area contributed by atoms with Crippen molar-refractivity contribution in [3.63, 3.8) is 0 Å². The molecule has 0 atom stereocenters. The summed E-state index contributed by atoms with van der Waals surface area (Å²) in [6, 6.07) is 89.7. The molecule has 0 nitrogen and oxygen atoms in total. The Morgan fingerprint density at radius 2 is 0.462 bits per heavy atom. The molecule has 1 aromatic heterocycles. The van der Waals surface area contributed by atoms with Crippen molar-refractivity contribution in [2.24, 2.45) is 0 Å². The van der Waals surface area contributed by atoms with Gasteiger partial charge < -0.3 is 0 Å². The number of hydrogen-bond donors (Lipinski definition) is 0. The highest BCUT2D eigenvalue weighted by molar-refractivity contribution is 7.25. The Hall–Kier alpha value is -8.10. The summed E-state index contributed by atoms with van der Waals surface area (Å²) in [5, 5.41) is 12.7. The molecule has 0 saturated carbocycles.